The van der Waals surface area contributed by atoms with Crippen LogP contribution >= 0.6 is 0 Å². The maximum Gasteiger partial charge on any atom is 0.0144 e. The highest BCUT2D eigenvalue weighted by Gasteiger charge is 2.35. The Balaban J connectivity index is 1.95. The van der Waals surface area contributed by atoms with E-state index < -0.39 is 0 Å². The van der Waals surface area contributed by atoms with Crippen LogP contribution in [0.15, 0.2) is 0 Å². The first kappa shape index (κ1) is 10.5. The van der Waals surface area contributed by atoms with Gasteiger partial charge in [0.2, 0.25) is 0 Å². The van der Waals surface area contributed by atoms with Crippen LogP contribution in [0.1, 0.15) is 52.9 Å². The van der Waals surface area contributed by atoms with Gasteiger partial charge < -0.3 is 0 Å². The topological polar surface area (TPSA) is 3.24 Å². The molecule has 2 fully saturated rings. The third kappa shape index (κ3) is 2.50. The minimum Gasteiger partial charge on any atom is -0.300 e. The molecule has 1 aliphatic carbocycles. The van der Waals surface area contributed by atoms with Gasteiger partial charge in [0.05, 0.1) is 0 Å². The minimum atomic E-state index is 0.481. The Hall–Kier alpha value is -0.0400. The molecule has 0 aromatic carbocycles. The van der Waals surface area contributed by atoms with Crippen molar-refractivity contribution in [2.75, 3.05) is 13.1 Å². The molecule has 1 atom stereocenters. The van der Waals surface area contributed by atoms with E-state index in [1.54, 1.807) is 0 Å². The zero-order valence-electron chi connectivity index (χ0n) is 10.1. The monoisotopic (exact) mass is 195 g/mol. The molecule has 2 aliphatic rings. The standard InChI is InChI=1S/C13H25N/c1-13(2,3)12-6-4-5-9-14(12)10-11-7-8-11/h11-12H,4-10H2,1-3H3. The van der Waals surface area contributed by atoms with Crippen molar-refractivity contribution in [2.24, 2.45) is 11.3 Å². The molecule has 0 N–H and O–H groups in total. The maximum atomic E-state index is 2.78. The van der Waals surface area contributed by atoms with Crippen LogP contribution in [-0.2, 0) is 0 Å². The van der Waals surface area contributed by atoms with Crippen molar-refractivity contribution in [3.05, 3.63) is 0 Å². The van der Waals surface area contributed by atoms with Crippen molar-refractivity contribution in [3.63, 3.8) is 0 Å². The predicted molar refractivity (Wildman–Crippen MR) is 61.4 cm³/mol. The van der Waals surface area contributed by atoms with Crippen molar-refractivity contribution in [3.8, 4) is 0 Å². The Labute approximate surface area is 88.9 Å². The van der Waals surface area contributed by atoms with Crippen LogP contribution in [0.4, 0.5) is 0 Å². The van der Waals surface area contributed by atoms with Crippen LogP contribution in [0.25, 0.3) is 0 Å². The van der Waals surface area contributed by atoms with Gasteiger partial charge >= 0.3 is 0 Å². The van der Waals surface area contributed by atoms with Crippen LogP contribution in [0, 0.1) is 11.3 Å². The molecule has 0 aromatic rings. The van der Waals surface area contributed by atoms with Crippen LogP contribution in [0.2, 0.25) is 0 Å². The zero-order chi connectivity index (χ0) is 10.2. The van der Waals surface area contributed by atoms with Crippen molar-refractivity contribution in [1.82, 2.24) is 4.90 Å². The van der Waals surface area contributed by atoms with E-state index in [1.165, 1.54) is 45.2 Å². The molecular weight excluding hydrogens is 170 g/mol. The fourth-order valence-corrected chi connectivity index (χ4v) is 2.82. The summed E-state index contributed by atoms with van der Waals surface area (Å²) in [5.74, 6) is 1.05. The summed E-state index contributed by atoms with van der Waals surface area (Å²) < 4.78 is 0. The van der Waals surface area contributed by atoms with E-state index in [9.17, 15) is 0 Å². The van der Waals surface area contributed by atoms with Gasteiger partial charge in [0, 0.05) is 12.6 Å². The van der Waals surface area contributed by atoms with E-state index in [0.717, 1.165) is 12.0 Å². The van der Waals surface area contributed by atoms with Gasteiger partial charge in [-0.3, -0.25) is 4.90 Å². The second-order valence-corrected chi connectivity index (χ2v) is 6.32. The number of rotatable bonds is 2. The lowest BCUT2D eigenvalue weighted by Crippen LogP contribution is -2.47. The molecule has 0 spiro atoms. The van der Waals surface area contributed by atoms with Crippen molar-refractivity contribution < 1.29 is 0 Å². The van der Waals surface area contributed by atoms with Crippen LogP contribution in [0.5, 0.6) is 0 Å². The summed E-state index contributed by atoms with van der Waals surface area (Å²) in [6, 6.07) is 0.844. The fourth-order valence-electron chi connectivity index (χ4n) is 2.82. The van der Waals surface area contributed by atoms with Crippen LogP contribution in [0.3, 0.4) is 0 Å². The largest absolute Gasteiger partial charge is 0.300 e. The molecule has 1 nitrogen and oxygen atoms in total. The van der Waals surface area contributed by atoms with Crippen LogP contribution < -0.4 is 0 Å². The molecule has 0 bridgehead atoms. The molecule has 1 saturated heterocycles. The lowest BCUT2D eigenvalue weighted by atomic mass is 9.80. The Morgan fingerprint density at radius 3 is 2.36 bits per heavy atom. The number of piperidine rings is 1. The predicted octanol–water partition coefficient (Wildman–Crippen LogP) is 3.30. The smallest absolute Gasteiger partial charge is 0.0144 e. The molecule has 1 aliphatic heterocycles. The summed E-state index contributed by atoms with van der Waals surface area (Å²) in [4.78, 5) is 2.78. The van der Waals surface area contributed by atoms with Gasteiger partial charge in [0.1, 0.15) is 0 Å². The van der Waals surface area contributed by atoms with E-state index in [0.29, 0.717) is 5.41 Å². The second-order valence-electron chi connectivity index (χ2n) is 6.32. The van der Waals surface area contributed by atoms with Crippen molar-refractivity contribution in [2.45, 2.75) is 58.9 Å². The number of hydrogen-bond donors (Lipinski definition) is 0. The maximum absolute atomic E-state index is 2.78. The highest BCUT2D eigenvalue weighted by atomic mass is 15.2. The molecule has 14 heavy (non-hydrogen) atoms. The lowest BCUT2D eigenvalue weighted by Gasteiger charge is -2.43. The van der Waals surface area contributed by atoms with Gasteiger partial charge in [-0.1, -0.05) is 27.2 Å². The van der Waals surface area contributed by atoms with Crippen LogP contribution in [-0.4, -0.2) is 24.0 Å². The molecule has 82 valence electrons. The normalized spacial score (nSPS) is 30.6. The molecule has 1 heterocycles. The Bertz CT molecular complexity index is 188. The fraction of sp³-hybridized carbons (Fsp3) is 1.00. The molecule has 0 radical (unpaired) electrons. The Kier molecular flexibility index (Phi) is 2.88. The highest BCUT2D eigenvalue weighted by Crippen LogP contribution is 2.36. The summed E-state index contributed by atoms with van der Waals surface area (Å²) in [7, 11) is 0. The first-order valence-electron chi connectivity index (χ1n) is 6.31. The third-order valence-electron chi connectivity index (χ3n) is 3.80. The van der Waals surface area contributed by atoms with Crippen molar-refractivity contribution in [1.29, 1.82) is 0 Å². The van der Waals surface area contributed by atoms with Gasteiger partial charge in [-0.15, -0.1) is 0 Å². The summed E-state index contributed by atoms with van der Waals surface area (Å²) in [5, 5.41) is 0. The second kappa shape index (κ2) is 3.84. The van der Waals surface area contributed by atoms with Gasteiger partial charge in [0.25, 0.3) is 0 Å². The molecule has 1 heteroatoms. The number of nitrogens with zero attached hydrogens (tertiary/aromatic N) is 1. The zero-order valence-corrected chi connectivity index (χ0v) is 10.1. The van der Waals surface area contributed by atoms with Crippen molar-refractivity contribution >= 4 is 0 Å². The van der Waals surface area contributed by atoms with Gasteiger partial charge in [0.15, 0.2) is 0 Å². The molecule has 0 amide bonds. The Morgan fingerprint density at radius 2 is 1.79 bits per heavy atom. The third-order valence-corrected chi connectivity index (χ3v) is 3.80. The molecule has 0 aromatic heterocycles. The van der Waals surface area contributed by atoms with E-state index in [4.69, 9.17) is 0 Å². The molecular formula is C13H25N. The van der Waals surface area contributed by atoms with Gasteiger partial charge in [-0.25, -0.2) is 0 Å². The summed E-state index contributed by atoms with van der Waals surface area (Å²) >= 11 is 0. The van der Waals surface area contributed by atoms with Gasteiger partial charge in [-0.05, 0) is 43.6 Å². The van der Waals surface area contributed by atoms with E-state index in [1.807, 2.05) is 0 Å². The van der Waals surface area contributed by atoms with E-state index >= 15 is 0 Å². The summed E-state index contributed by atoms with van der Waals surface area (Å²) in [6.07, 6.45) is 7.29. The molecule has 1 saturated carbocycles. The highest BCUT2D eigenvalue weighted by molar-refractivity contribution is 4.89. The quantitative estimate of drug-likeness (QED) is 0.653. The molecule has 2 rings (SSSR count). The number of hydrogen-bond acceptors (Lipinski definition) is 1. The summed E-state index contributed by atoms with van der Waals surface area (Å²) in [5.41, 5.74) is 0.481. The lowest BCUT2D eigenvalue weighted by molar-refractivity contribution is 0.0600. The summed E-state index contributed by atoms with van der Waals surface area (Å²) in [6.45, 7) is 9.97. The van der Waals surface area contributed by atoms with E-state index in [-0.39, 0.29) is 0 Å². The van der Waals surface area contributed by atoms with Gasteiger partial charge in [-0.2, -0.15) is 0 Å². The average molecular weight is 195 g/mol. The Morgan fingerprint density at radius 1 is 1.07 bits per heavy atom. The first-order chi connectivity index (χ1) is 6.57. The molecule has 1 unspecified atom stereocenters. The first-order valence-corrected chi connectivity index (χ1v) is 6.31. The average Bonchev–Trinajstić information content (AvgIpc) is 2.87. The number of likely N-dealkylation sites (tertiary alicyclic amines) is 1. The SMILES string of the molecule is CC(C)(C)C1CCCCN1CC1CC1. The van der Waals surface area contributed by atoms with E-state index in [2.05, 4.69) is 25.7 Å². The minimum absolute atomic E-state index is 0.481.